The van der Waals surface area contributed by atoms with Crippen LogP contribution in [0.2, 0.25) is 0 Å². The van der Waals surface area contributed by atoms with Crippen LogP contribution in [0.1, 0.15) is 11.1 Å². The Balaban J connectivity index is 3.50. The van der Waals surface area contributed by atoms with Crippen LogP contribution in [-0.4, -0.2) is 4.99 Å². The maximum absolute atomic E-state index is 12.9. The van der Waals surface area contributed by atoms with E-state index in [0.29, 0.717) is 0 Å². The fraction of sp³-hybridized carbons (Fsp3) is 0.125. The normalized spacial score (nSPS) is 10.2. The number of halogens is 3. The lowest BCUT2D eigenvalue weighted by molar-refractivity contribution is 0.443. The van der Waals surface area contributed by atoms with Crippen molar-refractivity contribution in [1.29, 1.82) is 0 Å². The number of hydrogen-bond donors (Lipinski definition) is 1. The van der Waals surface area contributed by atoms with Gasteiger partial charge in [0, 0.05) is 5.56 Å². The van der Waals surface area contributed by atoms with Crippen LogP contribution >= 0.6 is 12.2 Å². The lowest BCUT2D eigenvalue weighted by Crippen LogP contribution is -2.13. The molecular formula is C8H6F3NS. The second-order valence-electron chi connectivity index (χ2n) is 2.52. The Morgan fingerprint density at radius 1 is 1.31 bits per heavy atom. The first kappa shape index (κ1) is 9.98. The lowest BCUT2D eigenvalue weighted by Gasteiger charge is -2.05. The van der Waals surface area contributed by atoms with Crippen molar-refractivity contribution in [2.75, 3.05) is 0 Å². The Labute approximate surface area is 78.4 Å². The minimum Gasteiger partial charge on any atom is -0.389 e. The van der Waals surface area contributed by atoms with Gasteiger partial charge in [0.2, 0.25) is 0 Å². The van der Waals surface area contributed by atoms with E-state index >= 15 is 0 Å². The summed E-state index contributed by atoms with van der Waals surface area (Å²) >= 11 is 4.53. The van der Waals surface area contributed by atoms with E-state index in [2.05, 4.69) is 12.2 Å². The van der Waals surface area contributed by atoms with Gasteiger partial charge in [-0.05, 0) is 18.6 Å². The smallest absolute Gasteiger partial charge is 0.194 e. The number of benzene rings is 1. The Morgan fingerprint density at radius 3 is 2.31 bits per heavy atom. The van der Waals surface area contributed by atoms with Gasteiger partial charge in [0.15, 0.2) is 17.5 Å². The standard InChI is InChI=1S/C8H6F3NS/c1-3-4(8(12)13)2-5(9)7(11)6(3)10/h2H,1H3,(H2,12,13). The van der Waals surface area contributed by atoms with Crippen LogP contribution in [0.5, 0.6) is 0 Å². The molecule has 13 heavy (non-hydrogen) atoms. The largest absolute Gasteiger partial charge is 0.389 e. The molecule has 0 aliphatic carbocycles. The third kappa shape index (κ3) is 1.65. The monoisotopic (exact) mass is 205 g/mol. The number of nitrogens with two attached hydrogens (primary N) is 1. The highest BCUT2D eigenvalue weighted by Crippen LogP contribution is 2.18. The van der Waals surface area contributed by atoms with Crippen LogP contribution in [0.4, 0.5) is 13.2 Å². The molecule has 0 radical (unpaired) electrons. The van der Waals surface area contributed by atoms with Crippen molar-refractivity contribution in [3.05, 3.63) is 34.6 Å². The molecule has 0 unspecified atom stereocenters. The van der Waals surface area contributed by atoms with Gasteiger partial charge in [0.25, 0.3) is 0 Å². The van der Waals surface area contributed by atoms with Crippen molar-refractivity contribution < 1.29 is 13.2 Å². The van der Waals surface area contributed by atoms with Crippen LogP contribution in [0.15, 0.2) is 6.07 Å². The van der Waals surface area contributed by atoms with E-state index in [1.54, 1.807) is 0 Å². The molecule has 5 heteroatoms. The third-order valence-electron chi connectivity index (χ3n) is 1.67. The van der Waals surface area contributed by atoms with Gasteiger partial charge in [-0.2, -0.15) is 0 Å². The molecule has 0 saturated carbocycles. The summed E-state index contributed by atoms with van der Waals surface area (Å²) in [5, 5.41) is 0. The third-order valence-corrected chi connectivity index (χ3v) is 1.89. The topological polar surface area (TPSA) is 26.0 Å². The van der Waals surface area contributed by atoms with Gasteiger partial charge in [0.05, 0.1) is 0 Å². The van der Waals surface area contributed by atoms with Crippen molar-refractivity contribution >= 4 is 17.2 Å². The van der Waals surface area contributed by atoms with E-state index in [1.165, 1.54) is 6.92 Å². The molecule has 0 fully saturated rings. The molecule has 0 spiro atoms. The average Bonchev–Trinajstić information content (AvgIpc) is 2.07. The Kier molecular flexibility index (Phi) is 2.56. The van der Waals surface area contributed by atoms with Gasteiger partial charge < -0.3 is 5.73 Å². The van der Waals surface area contributed by atoms with Crippen LogP contribution in [0, 0.1) is 24.4 Å². The molecule has 2 N–H and O–H groups in total. The van der Waals surface area contributed by atoms with Gasteiger partial charge >= 0.3 is 0 Å². The van der Waals surface area contributed by atoms with E-state index in [1.807, 2.05) is 0 Å². The van der Waals surface area contributed by atoms with E-state index in [-0.39, 0.29) is 16.1 Å². The summed E-state index contributed by atoms with van der Waals surface area (Å²) in [6.45, 7) is 1.28. The molecule has 0 aliphatic heterocycles. The fourth-order valence-corrected chi connectivity index (χ4v) is 1.15. The Hall–Kier alpha value is -1.10. The molecule has 0 saturated heterocycles. The van der Waals surface area contributed by atoms with Crippen molar-refractivity contribution in [1.82, 2.24) is 0 Å². The maximum atomic E-state index is 12.9. The quantitative estimate of drug-likeness (QED) is 0.561. The Bertz CT molecular complexity index is 376. The summed E-state index contributed by atoms with van der Waals surface area (Å²) in [5.74, 6) is -4.04. The number of thiocarbonyl (C=S) groups is 1. The molecule has 0 aromatic heterocycles. The number of rotatable bonds is 1. The zero-order chi connectivity index (χ0) is 10.2. The van der Waals surface area contributed by atoms with Gasteiger partial charge in [-0.25, -0.2) is 13.2 Å². The molecule has 0 heterocycles. The predicted molar refractivity (Wildman–Crippen MR) is 46.9 cm³/mol. The summed E-state index contributed by atoms with van der Waals surface area (Å²) in [5.41, 5.74) is 5.12. The lowest BCUT2D eigenvalue weighted by atomic mass is 10.1. The Morgan fingerprint density at radius 2 is 1.85 bits per heavy atom. The highest BCUT2D eigenvalue weighted by molar-refractivity contribution is 7.80. The SMILES string of the molecule is Cc1c(C(N)=S)cc(F)c(F)c1F. The zero-order valence-electron chi connectivity index (χ0n) is 6.70. The van der Waals surface area contributed by atoms with Crippen molar-refractivity contribution in [2.45, 2.75) is 6.92 Å². The first-order valence-corrected chi connectivity index (χ1v) is 3.80. The van der Waals surface area contributed by atoms with E-state index in [4.69, 9.17) is 5.73 Å². The van der Waals surface area contributed by atoms with Crippen molar-refractivity contribution in [3.8, 4) is 0 Å². The second-order valence-corrected chi connectivity index (χ2v) is 2.96. The highest BCUT2D eigenvalue weighted by atomic mass is 32.1. The minimum absolute atomic E-state index is 0.0198. The molecular weight excluding hydrogens is 199 g/mol. The molecule has 0 amide bonds. The van der Waals surface area contributed by atoms with E-state index in [0.717, 1.165) is 6.07 Å². The molecule has 0 atom stereocenters. The summed E-state index contributed by atoms with van der Waals surface area (Å²) in [6.07, 6.45) is 0. The minimum atomic E-state index is -1.50. The average molecular weight is 205 g/mol. The van der Waals surface area contributed by atoms with Crippen molar-refractivity contribution in [3.63, 3.8) is 0 Å². The van der Waals surface area contributed by atoms with Gasteiger partial charge in [-0.1, -0.05) is 12.2 Å². The van der Waals surface area contributed by atoms with Gasteiger partial charge in [-0.3, -0.25) is 0 Å². The predicted octanol–water partition coefficient (Wildman–Crippen LogP) is 2.05. The molecule has 70 valence electrons. The molecule has 1 aromatic rings. The summed E-state index contributed by atoms with van der Waals surface area (Å²) < 4.78 is 38.1. The molecule has 0 aliphatic rings. The number of hydrogen-bond acceptors (Lipinski definition) is 1. The molecule has 1 rings (SSSR count). The van der Waals surface area contributed by atoms with E-state index < -0.39 is 17.5 Å². The van der Waals surface area contributed by atoms with Crippen LogP contribution < -0.4 is 5.73 Å². The summed E-state index contributed by atoms with van der Waals surface area (Å²) in [7, 11) is 0. The fourth-order valence-electron chi connectivity index (χ4n) is 0.942. The van der Waals surface area contributed by atoms with Crippen LogP contribution in [-0.2, 0) is 0 Å². The van der Waals surface area contributed by atoms with Gasteiger partial charge in [-0.15, -0.1) is 0 Å². The van der Waals surface area contributed by atoms with Crippen LogP contribution in [0.3, 0.4) is 0 Å². The van der Waals surface area contributed by atoms with Crippen molar-refractivity contribution in [2.24, 2.45) is 5.73 Å². The maximum Gasteiger partial charge on any atom is 0.194 e. The first-order chi connectivity index (χ1) is 5.95. The van der Waals surface area contributed by atoms with Crippen LogP contribution in [0.25, 0.3) is 0 Å². The first-order valence-electron chi connectivity index (χ1n) is 3.39. The zero-order valence-corrected chi connectivity index (χ0v) is 7.51. The van der Waals surface area contributed by atoms with E-state index in [9.17, 15) is 13.2 Å². The highest BCUT2D eigenvalue weighted by Gasteiger charge is 2.16. The van der Waals surface area contributed by atoms with Gasteiger partial charge in [0.1, 0.15) is 4.99 Å². The molecule has 1 nitrogen and oxygen atoms in total. The second kappa shape index (κ2) is 3.33. The summed E-state index contributed by atoms with van der Waals surface area (Å²) in [6, 6.07) is 0.788. The molecule has 0 bridgehead atoms. The molecule has 1 aromatic carbocycles. The summed E-state index contributed by atoms with van der Waals surface area (Å²) in [4.78, 5) is -0.157.